The number of anilines is 1. The van der Waals surface area contributed by atoms with E-state index in [2.05, 4.69) is 55.6 Å². The van der Waals surface area contributed by atoms with Crippen molar-refractivity contribution in [3.8, 4) is 16.9 Å². The van der Waals surface area contributed by atoms with Crippen molar-refractivity contribution in [1.82, 2.24) is 25.3 Å². The quantitative estimate of drug-likeness (QED) is 0.366. The van der Waals surface area contributed by atoms with Crippen LogP contribution in [0, 0.1) is 5.92 Å². The van der Waals surface area contributed by atoms with E-state index in [1.807, 2.05) is 49.3 Å². The average molecular weight is 599 g/mol. The molecule has 0 radical (unpaired) electrons. The van der Waals surface area contributed by atoms with Crippen molar-refractivity contribution in [2.24, 2.45) is 5.92 Å². The van der Waals surface area contributed by atoms with Gasteiger partial charge in [-0.25, -0.2) is 0 Å². The number of piperidine rings is 1. The first-order valence-electron chi connectivity index (χ1n) is 16.3. The van der Waals surface area contributed by atoms with Gasteiger partial charge in [0.1, 0.15) is 5.75 Å². The molecule has 3 aromatic rings. The Labute approximate surface area is 260 Å². The minimum Gasteiger partial charge on any atom is -0.478 e. The van der Waals surface area contributed by atoms with Crippen LogP contribution in [-0.4, -0.2) is 82.7 Å². The lowest BCUT2D eigenvalue weighted by Crippen LogP contribution is -2.54. The third-order valence-corrected chi connectivity index (χ3v) is 9.43. The van der Waals surface area contributed by atoms with Gasteiger partial charge in [0.2, 0.25) is 5.91 Å². The molecule has 44 heavy (non-hydrogen) atoms. The highest BCUT2D eigenvalue weighted by Gasteiger charge is 2.36. The molecule has 9 nitrogen and oxygen atoms in total. The molecule has 6 rings (SSSR count). The maximum atomic E-state index is 14.2. The molecule has 9 heteroatoms. The van der Waals surface area contributed by atoms with Crippen LogP contribution in [0.25, 0.3) is 11.1 Å². The van der Waals surface area contributed by atoms with Gasteiger partial charge in [0, 0.05) is 75.4 Å². The van der Waals surface area contributed by atoms with Crippen molar-refractivity contribution in [3.63, 3.8) is 0 Å². The van der Waals surface area contributed by atoms with Crippen LogP contribution >= 0.6 is 0 Å². The molecule has 1 aromatic heterocycles. The first kappa shape index (κ1) is 30.2. The van der Waals surface area contributed by atoms with Crippen molar-refractivity contribution in [3.05, 3.63) is 66.5 Å². The zero-order chi connectivity index (χ0) is 30.5. The second kappa shape index (κ2) is 13.4. The number of aromatic amines is 1. The first-order valence-corrected chi connectivity index (χ1v) is 16.3. The summed E-state index contributed by atoms with van der Waals surface area (Å²) in [6.45, 7) is 8.94. The highest BCUT2D eigenvalue weighted by molar-refractivity contribution is 5.85. The van der Waals surface area contributed by atoms with Crippen LogP contribution in [0.5, 0.6) is 5.75 Å². The van der Waals surface area contributed by atoms with Crippen LogP contribution in [0.3, 0.4) is 0 Å². The van der Waals surface area contributed by atoms with Crippen molar-refractivity contribution < 1.29 is 14.3 Å². The fraction of sp³-hybridized carbons (Fsp3) is 0.514. The summed E-state index contributed by atoms with van der Waals surface area (Å²) in [6, 6.07) is 16.8. The van der Waals surface area contributed by atoms with Crippen molar-refractivity contribution in [2.45, 2.75) is 70.6 Å². The molecule has 3 fully saturated rings. The molecule has 2 saturated heterocycles. The predicted octanol–water partition coefficient (Wildman–Crippen LogP) is 4.85. The minimum atomic E-state index is -0.963. The minimum absolute atomic E-state index is 0.0103. The summed E-state index contributed by atoms with van der Waals surface area (Å²) in [5, 5.41) is 10.2. The van der Waals surface area contributed by atoms with E-state index in [-0.39, 0.29) is 17.7 Å². The highest BCUT2D eigenvalue weighted by atomic mass is 16.5. The number of nitrogens with zero attached hydrogens (tertiary/aromatic N) is 4. The summed E-state index contributed by atoms with van der Waals surface area (Å²) < 4.78 is 6.31. The van der Waals surface area contributed by atoms with Gasteiger partial charge >= 0.3 is 0 Å². The average Bonchev–Trinajstić information content (AvgIpc) is 3.79. The molecular weight excluding hydrogens is 552 g/mol. The number of H-pyrrole nitrogens is 1. The number of nitrogens with one attached hydrogen (secondary N) is 2. The van der Waals surface area contributed by atoms with E-state index >= 15 is 0 Å². The molecule has 234 valence electrons. The molecule has 2 amide bonds. The van der Waals surface area contributed by atoms with Gasteiger partial charge in [0.25, 0.3) is 5.91 Å². The Balaban J connectivity index is 1.13. The van der Waals surface area contributed by atoms with E-state index in [1.54, 1.807) is 0 Å². The summed E-state index contributed by atoms with van der Waals surface area (Å²) in [5.41, 5.74) is 3.41. The molecule has 0 bridgehead atoms. The molecule has 3 heterocycles. The lowest BCUT2D eigenvalue weighted by atomic mass is 9.94. The monoisotopic (exact) mass is 598 g/mol. The molecule has 2 aliphatic heterocycles. The van der Waals surface area contributed by atoms with Gasteiger partial charge < -0.3 is 24.8 Å². The van der Waals surface area contributed by atoms with Crippen LogP contribution < -0.4 is 15.0 Å². The maximum absolute atomic E-state index is 14.2. The predicted molar refractivity (Wildman–Crippen MR) is 172 cm³/mol. The van der Waals surface area contributed by atoms with E-state index in [0.717, 1.165) is 67.7 Å². The van der Waals surface area contributed by atoms with Gasteiger partial charge in [0.15, 0.2) is 5.60 Å². The third-order valence-electron chi connectivity index (χ3n) is 9.43. The molecule has 1 atom stereocenters. The molecule has 0 spiro atoms. The Hall–Kier alpha value is -3.85. The largest absolute Gasteiger partial charge is 0.478 e. The van der Waals surface area contributed by atoms with Gasteiger partial charge in [0.05, 0.1) is 12.1 Å². The second-order valence-electron chi connectivity index (χ2n) is 13.0. The number of piperazine rings is 1. The van der Waals surface area contributed by atoms with Crippen molar-refractivity contribution in [2.75, 3.05) is 44.2 Å². The number of hydrogen-bond acceptors (Lipinski definition) is 6. The van der Waals surface area contributed by atoms with E-state index < -0.39 is 5.60 Å². The van der Waals surface area contributed by atoms with E-state index in [4.69, 9.17) is 4.74 Å². The zero-order valence-corrected chi connectivity index (χ0v) is 26.1. The number of benzene rings is 2. The molecule has 1 aliphatic carbocycles. The Kier molecular flexibility index (Phi) is 9.21. The van der Waals surface area contributed by atoms with E-state index in [1.165, 1.54) is 12.8 Å². The zero-order valence-electron chi connectivity index (χ0n) is 26.1. The van der Waals surface area contributed by atoms with Gasteiger partial charge in [-0.05, 0) is 62.8 Å². The number of rotatable bonds is 9. The van der Waals surface area contributed by atoms with Crippen LogP contribution in [0.1, 0.15) is 57.9 Å². The van der Waals surface area contributed by atoms with Crippen LogP contribution in [-0.2, 0) is 16.1 Å². The molecule has 2 N–H and O–H groups in total. The lowest BCUT2D eigenvalue weighted by molar-refractivity contribution is -0.146. The van der Waals surface area contributed by atoms with Crippen molar-refractivity contribution in [1.29, 1.82) is 0 Å². The standard InChI is InChI=1S/C35H46N6O3/c1-35(2,34(43)39-19-16-36-17-20-39)44-32-11-5-10-31(21-32)40-18-6-7-28(25-40)33(42)41(30-8-3-4-9-30)24-26-12-14-27(15-13-26)29-22-37-38-23-29/h5,10-15,21-23,28,30,36H,3-4,6-9,16-20,24-25H2,1-2H3,(H,37,38)/t28-/m0/s1. The Morgan fingerprint density at radius 2 is 1.75 bits per heavy atom. The van der Waals surface area contributed by atoms with Crippen LogP contribution in [0.4, 0.5) is 5.69 Å². The Morgan fingerprint density at radius 1 is 0.977 bits per heavy atom. The van der Waals surface area contributed by atoms with Gasteiger partial charge in [-0.1, -0.05) is 43.2 Å². The second-order valence-corrected chi connectivity index (χ2v) is 13.0. The summed E-state index contributed by atoms with van der Waals surface area (Å²) >= 11 is 0. The highest BCUT2D eigenvalue weighted by Crippen LogP contribution is 2.32. The Bertz CT molecular complexity index is 1390. The maximum Gasteiger partial charge on any atom is 0.266 e. The topological polar surface area (TPSA) is 93.8 Å². The van der Waals surface area contributed by atoms with Gasteiger partial charge in [-0.3, -0.25) is 14.7 Å². The summed E-state index contributed by atoms with van der Waals surface area (Å²) in [7, 11) is 0. The SMILES string of the molecule is CC(C)(Oc1cccc(N2CCC[C@H](C(=O)N(Cc3ccc(-c4cn[nH]c4)cc3)C3CCCC3)C2)c1)C(=O)N1CCNCC1. The van der Waals surface area contributed by atoms with Gasteiger partial charge in [-0.2, -0.15) is 5.10 Å². The smallest absolute Gasteiger partial charge is 0.266 e. The number of carbonyl (C=O) groups is 2. The summed E-state index contributed by atoms with van der Waals surface area (Å²) in [6.07, 6.45) is 10.1. The normalized spacial score (nSPS) is 19.6. The fourth-order valence-corrected chi connectivity index (χ4v) is 6.99. The van der Waals surface area contributed by atoms with E-state index in [9.17, 15) is 9.59 Å². The van der Waals surface area contributed by atoms with Crippen LogP contribution in [0.2, 0.25) is 0 Å². The number of carbonyl (C=O) groups excluding carboxylic acids is 2. The molecular formula is C35H46N6O3. The molecule has 1 saturated carbocycles. The summed E-state index contributed by atoms with van der Waals surface area (Å²) in [4.78, 5) is 33.8. The molecule has 0 unspecified atom stereocenters. The van der Waals surface area contributed by atoms with Crippen molar-refractivity contribution >= 4 is 17.5 Å². The van der Waals surface area contributed by atoms with E-state index in [0.29, 0.717) is 38.0 Å². The first-order chi connectivity index (χ1) is 21.4. The third kappa shape index (κ3) is 6.93. The number of hydrogen-bond donors (Lipinski definition) is 2. The number of amides is 2. The van der Waals surface area contributed by atoms with Gasteiger partial charge in [-0.15, -0.1) is 0 Å². The van der Waals surface area contributed by atoms with Crippen LogP contribution in [0.15, 0.2) is 60.9 Å². The molecule has 3 aliphatic rings. The molecule has 2 aromatic carbocycles. The number of aromatic nitrogens is 2. The Morgan fingerprint density at radius 3 is 2.48 bits per heavy atom. The summed E-state index contributed by atoms with van der Waals surface area (Å²) in [5.74, 6) is 0.910. The number of ether oxygens (including phenoxy) is 1. The lowest BCUT2D eigenvalue weighted by Gasteiger charge is -2.38. The fourth-order valence-electron chi connectivity index (χ4n) is 6.99.